The highest BCUT2D eigenvalue weighted by Gasteiger charge is 2.17. The second-order valence-electron chi connectivity index (χ2n) is 3.76. The van der Waals surface area contributed by atoms with Crippen molar-refractivity contribution in [3.8, 4) is 0 Å². The molecule has 0 aliphatic carbocycles. The van der Waals surface area contributed by atoms with E-state index in [1.54, 1.807) is 19.1 Å². The summed E-state index contributed by atoms with van der Waals surface area (Å²) in [6.45, 7) is 2.97. The Balaban J connectivity index is 3.10. The molecule has 0 aliphatic heterocycles. The molecule has 7 nitrogen and oxygen atoms in total. The van der Waals surface area contributed by atoms with Crippen molar-refractivity contribution >= 4 is 38.9 Å². The van der Waals surface area contributed by atoms with Crippen LogP contribution in [0.1, 0.15) is 12.5 Å². The molecular weight excluding hydrogens is 288 g/mol. The Kier molecular flexibility index (Phi) is 4.81. The Labute approximate surface area is 116 Å². The van der Waals surface area contributed by atoms with Gasteiger partial charge in [-0.05, 0) is 36.8 Å². The number of nitrogens with two attached hydrogens (primary N) is 1. The van der Waals surface area contributed by atoms with Crippen LogP contribution in [0.5, 0.6) is 0 Å². The first-order chi connectivity index (χ1) is 8.72. The summed E-state index contributed by atoms with van der Waals surface area (Å²) in [6.07, 6.45) is 0. The van der Waals surface area contributed by atoms with E-state index in [0.717, 1.165) is 0 Å². The Bertz CT molecular complexity index is 613. The van der Waals surface area contributed by atoms with Gasteiger partial charge in [0.05, 0.1) is 4.90 Å². The van der Waals surface area contributed by atoms with Crippen LogP contribution in [-0.2, 0) is 14.8 Å². The van der Waals surface area contributed by atoms with Gasteiger partial charge in [-0.3, -0.25) is 10.2 Å². The van der Waals surface area contributed by atoms with Crippen molar-refractivity contribution in [2.24, 2.45) is 5.73 Å². The van der Waals surface area contributed by atoms with Gasteiger partial charge in [-0.15, -0.1) is 4.83 Å². The van der Waals surface area contributed by atoms with Crippen molar-refractivity contribution in [2.45, 2.75) is 18.7 Å². The quantitative estimate of drug-likeness (QED) is 0.459. The number of hydrazine groups is 1. The highest BCUT2D eigenvalue weighted by atomic mass is 32.2. The van der Waals surface area contributed by atoms with Gasteiger partial charge in [0, 0.05) is 12.6 Å². The van der Waals surface area contributed by atoms with E-state index < -0.39 is 10.0 Å². The molecule has 0 aromatic heterocycles. The number of carbonyl (C=O) groups excluding carboxylic acids is 1. The number of hydrogen-bond donors (Lipinski definition) is 4. The number of nitrogens with one attached hydrogen (secondary N) is 3. The Morgan fingerprint density at radius 1 is 1.37 bits per heavy atom. The number of hydrogen-bond acceptors (Lipinski definition) is 4. The topological polar surface area (TPSA) is 113 Å². The monoisotopic (exact) mass is 302 g/mol. The molecule has 19 heavy (non-hydrogen) atoms. The van der Waals surface area contributed by atoms with Crippen molar-refractivity contribution < 1.29 is 13.2 Å². The van der Waals surface area contributed by atoms with E-state index in [1.165, 1.54) is 13.0 Å². The minimum absolute atomic E-state index is 0.0162. The zero-order chi connectivity index (χ0) is 14.6. The average molecular weight is 302 g/mol. The van der Waals surface area contributed by atoms with Gasteiger partial charge in [-0.1, -0.05) is 6.07 Å². The van der Waals surface area contributed by atoms with Crippen LogP contribution < -0.4 is 21.3 Å². The Morgan fingerprint density at radius 2 is 2.00 bits per heavy atom. The second-order valence-corrected chi connectivity index (χ2v) is 5.85. The number of sulfonamides is 1. The van der Waals surface area contributed by atoms with Crippen molar-refractivity contribution in [3.05, 3.63) is 23.8 Å². The van der Waals surface area contributed by atoms with Crippen LogP contribution in [0.3, 0.4) is 0 Å². The second kappa shape index (κ2) is 5.95. The fraction of sp³-hybridized carbons (Fsp3) is 0.200. The molecule has 1 aromatic carbocycles. The number of anilines is 1. The summed E-state index contributed by atoms with van der Waals surface area (Å²) >= 11 is 4.51. The molecule has 9 heteroatoms. The number of amides is 1. The van der Waals surface area contributed by atoms with Crippen LogP contribution in [0.15, 0.2) is 23.1 Å². The van der Waals surface area contributed by atoms with Gasteiger partial charge in [0.15, 0.2) is 5.11 Å². The van der Waals surface area contributed by atoms with Crippen molar-refractivity contribution in [2.75, 3.05) is 5.32 Å². The third kappa shape index (κ3) is 4.47. The largest absolute Gasteiger partial charge is 0.375 e. The van der Waals surface area contributed by atoms with Crippen LogP contribution in [-0.4, -0.2) is 19.4 Å². The lowest BCUT2D eigenvalue weighted by Crippen LogP contribution is -2.44. The van der Waals surface area contributed by atoms with E-state index in [4.69, 9.17) is 5.73 Å². The fourth-order valence-electron chi connectivity index (χ4n) is 1.34. The van der Waals surface area contributed by atoms with Crippen LogP contribution in [0.4, 0.5) is 5.69 Å². The minimum atomic E-state index is -3.82. The molecule has 1 amide bonds. The highest BCUT2D eigenvalue weighted by Crippen LogP contribution is 2.19. The standard InChI is InChI=1S/C10H14N4O3S2/c1-6-3-4-8(12-7(2)15)5-9(6)19(16,17)14-13-10(11)18/h3-5,14H,1-2H3,(H,12,15)(H3,11,13,18). The SMILES string of the molecule is CC(=O)Nc1ccc(C)c(S(=O)(=O)NNC(N)=S)c1. The zero-order valence-electron chi connectivity index (χ0n) is 10.4. The van der Waals surface area contributed by atoms with Gasteiger partial charge in [0.2, 0.25) is 5.91 Å². The summed E-state index contributed by atoms with van der Waals surface area (Å²) < 4.78 is 24.0. The van der Waals surface area contributed by atoms with E-state index >= 15 is 0 Å². The molecule has 0 bridgehead atoms. The molecule has 0 fully saturated rings. The van der Waals surface area contributed by atoms with Gasteiger partial charge in [-0.25, -0.2) is 8.42 Å². The van der Waals surface area contributed by atoms with Crippen LogP contribution in [0.25, 0.3) is 0 Å². The van der Waals surface area contributed by atoms with Gasteiger partial charge >= 0.3 is 0 Å². The molecule has 104 valence electrons. The number of aryl methyl sites for hydroxylation is 1. The molecule has 1 rings (SSSR count). The third-order valence-electron chi connectivity index (χ3n) is 2.11. The molecule has 0 radical (unpaired) electrons. The van der Waals surface area contributed by atoms with Gasteiger partial charge < -0.3 is 11.1 Å². The molecule has 0 heterocycles. The van der Waals surface area contributed by atoms with Gasteiger partial charge in [0.1, 0.15) is 0 Å². The molecule has 1 aromatic rings. The summed E-state index contributed by atoms with van der Waals surface area (Å²) in [5.41, 5.74) is 8.21. The highest BCUT2D eigenvalue weighted by molar-refractivity contribution is 7.89. The van der Waals surface area contributed by atoms with E-state index in [0.29, 0.717) is 11.3 Å². The van der Waals surface area contributed by atoms with Crippen LogP contribution in [0.2, 0.25) is 0 Å². The van der Waals surface area contributed by atoms with Gasteiger partial charge in [0.25, 0.3) is 10.0 Å². The predicted octanol–water partition coefficient (Wildman–Crippen LogP) is -0.0201. The molecule has 0 aliphatic rings. The summed E-state index contributed by atoms with van der Waals surface area (Å²) in [6, 6.07) is 4.54. The summed E-state index contributed by atoms with van der Waals surface area (Å²) in [7, 11) is -3.82. The number of thiocarbonyl (C=S) groups is 1. The smallest absolute Gasteiger partial charge is 0.257 e. The molecule has 0 saturated carbocycles. The molecule has 0 atom stereocenters. The third-order valence-corrected chi connectivity index (χ3v) is 3.60. The Hall–Kier alpha value is -1.71. The van der Waals surface area contributed by atoms with E-state index in [1.807, 2.05) is 4.83 Å². The summed E-state index contributed by atoms with van der Waals surface area (Å²) in [5, 5.41) is 2.31. The Morgan fingerprint density at radius 3 is 2.53 bits per heavy atom. The number of carbonyl (C=O) groups is 1. The van der Waals surface area contributed by atoms with Crippen LogP contribution >= 0.6 is 12.2 Å². The zero-order valence-corrected chi connectivity index (χ0v) is 12.0. The summed E-state index contributed by atoms with van der Waals surface area (Å²) in [4.78, 5) is 13.0. The van der Waals surface area contributed by atoms with Crippen molar-refractivity contribution in [1.29, 1.82) is 0 Å². The van der Waals surface area contributed by atoms with Crippen molar-refractivity contribution in [3.63, 3.8) is 0 Å². The maximum absolute atomic E-state index is 12.0. The predicted molar refractivity (Wildman–Crippen MR) is 75.7 cm³/mol. The molecular formula is C10H14N4O3S2. The summed E-state index contributed by atoms with van der Waals surface area (Å²) in [5.74, 6) is -0.290. The molecule has 5 N–H and O–H groups in total. The number of rotatable bonds is 4. The van der Waals surface area contributed by atoms with Crippen LogP contribution in [0, 0.1) is 6.92 Å². The lowest BCUT2D eigenvalue weighted by molar-refractivity contribution is -0.114. The normalized spacial score (nSPS) is 10.8. The van der Waals surface area contributed by atoms with E-state index in [9.17, 15) is 13.2 Å². The van der Waals surface area contributed by atoms with Crippen molar-refractivity contribution in [1.82, 2.24) is 10.3 Å². The first-order valence-corrected chi connectivity index (χ1v) is 7.07. The maximum atomic E-state index is 12.0. The molecule has 0 spiro atoms. The number of benzene rings is 1. The lowest BCUT2D eigenvalue weighted by atomic mass is 10.2. The molecule has 0 saturated heterocycles. The first-order valence-electron chi connectivity index (χ1n) is 5.18. The maximum Gasteiger partial charge on any atom is 0.257 e. The van der Waals surface area contributed by atoms with E-state index in [2.05, 4.69) is 23.0 Å². The lowest BCUT2D eigenvalue weighted by Gasteiger charge is -2.11. The molecule has 0 unspecified atom stereocenters. The average Bonchev–Trinajstić information content (AvgIpc) is 2.28. The van der Waals surface area contributed by atoms with Gasteiger partial charge in [-0.2, -0.15) is 0 Å². The minimum Gasteiger partial charge on any atom is -0.375 e. The fourth-order valence-corrected chi connectivity index (χ4v) is 2.59. The van der Waals surface area contributed by atoms with E-state index in [-0.39, 0.29) is 15.9 Å². The first kappa shape index (κ1) is 15.3.